The highest BCUT2D eigenvalue weighted by molar-refractivity contribution is 6.74. The summed E-state index contributed by atoms with van der Waals surface area (Å²) in [6, 6.07) is 40.9. The third-order valence-corrected chi connectivity index (χ3v) is 14.2. The van der Waals surface area contributed by atoms with Crippen LogP contribution in [-0.2, 0) is 54.5 Å². The van der Waals surface area contributed by atoms with Crippen LogP contribution in [0.15, 0.2) is 134 Å². The number of ether oxygens (including phenoxy) is 5. The third kappa shape index (κ3) is 10.3. The normalized spacial score (nSPS) is 22.7. The average molecular weight is 695 g/mol. The van der Waals surface area contributed by atoms with E-state index in [1.807, 2.05) is 72.8 Å². The van der Waals surface area contributed by atoms with Gasteiger partial charge in [0.05, 0.1) is 33.0 Å². The minimum absolute atomic E-state index is 0.0700. The molecule has 1 aliphatic carbocycles. The molecular formula is C43H54O6Si. The lowest BCUT2D eigenvalue weighted by Crippen LogP contribution is -2.69. The summed E-state index contributed by atoms with van der Waals surface area (Å²) in [5, 5.41) is -0.0700. The van der Waals surface area contributed by atoms with Crippen molar-refractivity contribution in [3.8, 4) is 0 Å². The summed E-state index contributed by atoms with van der Waals surface area (Å²) in [5.74, 6) is 0. The van der Waals surface area contributed by atoms with E-state index in [-0.39, 0.29) is 5.04 Å². The van der Waals surface area contributed by atoms with E-state index in [0.29, 0.717) is 33.0 Å². The minimum Gasteiger partial charge on any atom is -0.408 e. The molecule has 6 atom stereocenters. The zero-order chi connectivity index (χ0) is 35.4. The largest absolute Gasteiger partial charge is 0.408 e. The zero-order valence-corrected chi connectivity index (χ0v) is 31.3. The second-order valence-electron chi connectivity index (χ2n) is 14.5. The van der Waals surface area contributed by atoms with Gasteiger partial charge in [-0.2, -0.15) is 0 Å². The van der Waals surface area contributed by atoms with Gasteiger partial charge in [0.25, 0.3) is 0 Å². The first-order valence-corrected chi connectivity index (χ1v) is 20.6. The maximum absolute atomic E-state index is 7.40. The molecule has 4 aromatic rings. The highest BCUT2D eigenvalue weighted by Crippen LogP contribution is 2.42. The van der Waals surface area contributed by atoms with Gasteiger partial charge in [0.1, 0.15) is 36.6 Å². The van der Waals surface area contributed by atoms with Gasteiger partial charge in [0, 0.05) is 0 Å². The van der Waals surface area contributed by atoms with E-state index in [1.165, 1.54) is 0 Å². The Morgan fingerprint density at radius 1 is 0.480 bits per heavy atom. The third-order valence-electron chi connectivity index (χ3n) is 9.73. The molecule has 1 saturated carbocycles. The molecule has 0 aliphatic heterocycles. The number of hydrogen-bond donors (Lipinski definition) is 0. The van der Waals surface area contributed by atoms with E-state index in [0.717, 1.165) is 22.3 Å². The fraction of sp³-hybridized carbons (Fsp3) is 0.395. The van der Waals surface area contributed by atoms with Crippen LogP contribution in [0, 0.1) is 0 Å². The average Bonchev–Trinajstić information content (AvgIpc) is 3.12. The molecule has 1 fully saturated rings. The molecule has 0 amide bonds. The van der Waals surface area contributed by atoms with Crippen molar-refractivity contribution in [3.05, 3.63) is 156 Å². The van der Waals surface area contributed by atoms with Gasteiger partial charge in [-0.15, -0.1) is 6.58 Å². The highest BCUT2D eigenvalue weighted by Gasteiger charge is 2.57. The molecule has 0 radical (unpaired) electrons. The van der Waals surface area contributed by atoms with E-state index >= 15 is 0 Å². The van der Waals surface area contributed by atoms with Crippen molar-refractivity contribution in [2.75, 3.05) is 6.61 Å². The van der Waals surface area contributed by atoms with Crippen molar-refractivity contribution in [1.82, 2.24) is 0 Å². The first-order valence-electron chi connectivity index (χ1n) is 17.7. The summed E-state index contributed by atoms with van der Waals surface area (Å²) in [6.45, 7) is 17.1. The van der Waals surface area contributed by atoms with E-state index in [2.05, 4.69) is 89.0 Å². The lowest BCUT2D eigenvalue weighted by atomic mass is 9.83. The van der Waals surface area contributed by atoms with Crippen molar-refractivity contribution < 1.29 is 28.1 Å². The predicted molar refractivity (Wildman–Crippen MR) is 202 cm³/mol. The van der Waals surface area contributed by atoms with Gasteiger partial charge >= 0.3 is 0 Å². The molecule has 0 saturated heterocycles. The molecule has 7 heteroatoms. The van der Waals surface area contributed by atoms with Gasteiger partial charge in [0.15, 0.2) is 8.32 Å². The van der Waals surface area contributed by atoms with Crippen LogP contribution in [0.5, 0.6) is 0 Å². The molecule has 0 spiro atoms. The standard InChI is InChI=1S/C43H54O6Si/c1-7-28-44-37-38(45-29-33-20-12-8-13-21-33)39(46-30-34-22-14-9-15-23-34)41(48-32-36-26-18-11-19-27-36)42(49-50(5,6)43(2,3)4)40(37)47-31-35-24-16-10-17-25-35/h7-27,37-42H,1,28-32H2,2-6H3/t37-,38-,39+,40+,41-,42+/m0/s1. The van der Waals surface area contributed by atoms with Crippen molar-refractivity contribution in [2.24, 2.45) is 0 Å². The molecule has 0 unspecified atom stereocenters. The van der Waals surface area contributed by atoms with Crippen LogP contribution in [0.1, 0.15) is 43.0 Å². The topological polar surface area (TPSA) is 55.4 Å². The fourth-order valence-electron chi connectivity index (χ4n) is 5.97. The van der Waals surface area contributed by atoms with E-state index < -0.39 is 44.9 Å². The Kier molecular flexibility index (Phi) is 13.8. The monoisotopic (exact) mass is 694 g/mol. The highest BCUT2D eigenvalue weighted by atomic mass is 28.4. The van der Waals surface area contributed by atoms with E-state index in [1.54, 1.807) is 6.08 Å². The maximum Gasteiger partial charge on any atom is 0.192 e. The van der Waals surface area contributed by atoms with Crippen LogP contribution in [0.4, 0.5) is 0 Å². The maximum atomic E-state index is 7.40. The molecule has 1 aliphatic rings. The van der Waals surface area contributed by atoms with Crippen LogP contribution < -0.4 is 0 Å². The predicted octanol–water partition coefficient (Wildman–Crippen LogP) is 9.30. The molecule has 50 heavy (non-hydrogen) atoms. The first-order chi connectivity index (χ1) is 24.2. The summed E-state index contributed by atoms with van der Waals surface area (Å²) in [4.78, 5) is 0. The van der Waals surface area contributed by atoms with Crippen LogP contribution in [0.25, 0.3) is 0 Å². The van der Waals surface area contributed by atoms with Crippen molar-refractivity contribution >= 4 is 8.32 Å². The lowest BCUT2D eigenvalue weighted by molar-refractivity contribution is -0.277. The first kappa shape index (κ1) is 37.8. The van der Waals surface area contributed by atoms with Gasteiger partial charge in [-0.3, -0.25) is 0 Å². The second-order valence-corrected chi connectivity index (χ2v) is 19.2. The summed E-state index contributed by atoms with van der Waals surface area (Å²) in [5.41, 5.74) is 4.24. The molecule has 0 heterocycles. The van der Waals surface area contributed by atoms with Gasteiger partial charge in [0.2, 0.25) is 0 Å². The van der Waals surface area contributed by atoms with Gasteiger partial charge in [-0.25, -0.2) is 0 Å². The Balaban J connectivity index is 1.61. The fourth-order valence-corrected chi connectivity index (χ4v) is 7.27. The molecule has 0 bridgehead atoms. The number of hydrogen-bond acceptors (Lipinski definition) is 6. The Hall–Kier alpha value is -3.40. The lowest BCUT2D eigenvalue weighted by Gasteiger charge is -2.52. The zero-order valence-electron chi connectivity index (χ0n) is 30.3. The summed E-state index contributed by atoms with van der Waals surface area (Å²) in [7, 11) is -2.40. The minimum atomic E-state index is -2.40. The van der Waals surface area contributed by atoms with E-state index in [4.69, 9.17) is 28.1 Å². The Morgan fingerprint density at radius 2 is 0.760 bits per heavy atom. The molecule has 0 aromatic heterocycles. The van der Waals surface area contributed by atoms with Crippen LogP contribution in [-0.4, -0.2) is 51.5 Å². The number of benzene rings is 4. The summed E-state index contributed by atoms with van der Waals surface area (Å²) >= 11 is 0. The van der Waals surface area contributed by atoms with Crippen molar-refractivity contribution in [1.29, 1.82) is 0 Å². The molecule has 6 nitrogen and oxygen atoms in total. The quantitative estimate of drug-likeness (QED) is 0.0812. The van der Waals surface area contributed by atoms with Crippen LogP contribution in [0.3, 0.4) is 0 Å². The molecule has 5 rings (SSSR count). The van der Waals surface area contributed by atoms with Crippen molar-refractivity contribution in [2.45, 2.75) is 102 Å². The van der Waals surface area contributed by atoms with Crippen LogP contribution in [0.2, 0.25) is 18.1 Å². The Morgan fingerprint density at radius 3 is 1.04 bits per heavy atom. The number of rotatable bonds is 17. The smallest absolute Gasteiger partial charge is 0.192 e. The molecule has 4 aromatic carbocycles. The SMILES string of the molecule is C=CCO[C@H]1[C@H](OCc2ccccc2)[C@@H](OCc2ccccc2)[C@H](OCc2ccccc2)[C@H](O[Si](C)(C)C(C)(C)C)[C@@H]1OCc1ccccc1. The summed E-state index contributed by atoms with van der Waals surface area (Å²) in [6.07, 6.45) is -1.49. The van der Waals surface area contributed by atoms with E-state index in [9.17, 15) is 0 Å². The van der Waals surface area contributed by atoms with Crippen LogP contribution >= 0.6 is 0 Å². The Labute approximate surface area is 300 Å². The van der Waals surface area contributed by atoms with Gasteiger partial charge in [-0.1, -0.05) is 148 Å². The Bertz CT molecular complexity index is 1540. The summed E-state index contributed by atoms with van der Waals surface area (Å²) < 4.78 is 41.9. The van der Waals surface area contributed by atoms with Gasteiger partial charge in [-0.05, 0) is 40.4 Å². The molecular weight excluding hydrogens is 641 g/mol. The van der Waals surface area contributed by atoms with Crippen molar-refractivity contribution in [3.63, 3.8) is 0 Å². The second kappa shape index (κ2) is 18.2. The van der Waals surface area contributed by atoms with Gasteiger partial charge < -0.3 is 28.1 Å². The molecule has 266 valence electrons. The molecule has 0 N–H and O–H groups in total.